The van der Waals surface area contributed by atoms with Gasteiger partial charge in [-0.2, -0.15) is 15.8 Å². The van der Waals surface area contributed by atoms with Crippen molar-refractivity contribution >= 4 is 97.6 Å². The van der Waals surface area contributed by atoms with Crippen molar-refractivity contribution < 1.29 is 24.5 Å². The molecule has 2 fully saturated rings. The van der Waals surface area contributed by atoms with Gasteiger partial charge in [0.15, 0.2) is 0 Å². The van der Waals surface area contributed by atoms with E-state index >= 15 is 0 Å². The Labute approximate surface area is 511 Å². The van der Waals surface area contributed by atoms with Crippen LogP contribution in [0.2, 0.25) is 30.1 Å². The van der Waals surface area contributed by atoms with Crippen LogP contribution in [0, 0.1) is 75.5 Å². The number of rotatable bonds is 7. The number of hydrogen-bond acceptors (Lipinski definition) is 8. The van der Waals surface area contributed by atoms with E-state index < -0.39 is 11.4 Å². The van der Waals surface area contributed by atoms with Gasteiger partial charge in [-0.1, -0.05) is 146 Å². The quantitative estimate of drug-likeness (QED) is 0.148. The molecular formula is C63H68BrCl6N5O5. The topological polar surface area (TPSA) is 162 Å². The zero-order valence-corrected chi connectivity index (χ0v) is 52.5. The fourth-order valence-corrected chi connectivity index (χ4v) is 9.44. The highest BCUT2D eigenvalue weighted by atomic mass is 79.9. The molecule has 2 aliphatic heterocycles. The number of piperidine rings is 2. The van der Waals surface area contributed by atoms with Crippen LogP contribution in [0.1, 0.15) is 104 Å². The van der Waals surface area contributed by atoms with Gasteiger partial charge in [0.05, 0.1) is 54.2 Å². The fraction of sp³-hybridized carbons (Fsp3) is 0.349. The first-order valence-electron chi connectivity index (χ1n) is 25.7. The summed E-state index contributed by atoms with van der Waals surface area (Å²) >= 11 is 38.5. The number of aliphatic hydroxyl groups excluding tert-OH is 1. The lowest BCUT2D eigenvalue weighted by atomic mass is 9.74. The molecule has 17 heteroatoms. The molecule has 0 bridgehead atoms. The van der Waals surface area contributed by atoms with Crippen LogP contribution in [0.4, 0.5) is 4.79 Å². The Hall–Kier alpha value is -5.33. The molecule has 1 amide bonds. The summed E-state index contributed by atoms with van der Waals surface area (Å²) in [5.74, 6) is -0.926. The number of nitrogens with zero attached hydrogens (tertiary/aromatic N) is 5. The standard InChI is InChI=1S/C16H19ClN2O2.C14H17ClN2.C9H8ClN.C8H8BrCl.C8H7ClO2.C8H9ClO/c1-3-21-15(20)19-8-6-16(11-18,7-9-19)13-4-5-14(17)12(2)10-13;1-11-9-12(3-4-13(11)15)14(10-16)5-7-17(2)8-6-14;1-7-6-8(4-5-11)2-3-9(7)10;1-6-4-7(5-9)2-3-8(6)10;1-5-4-6(8(10)11)2-3-7(5)9;1-6-4-7(5-10)2-3-8(6)9/h4-5,10H,3,6-9H2,1-2H3;3-4,9H,5-8H2,1-2H3;2-3,6H,4H2,1H3;2-4H,5H2,1H3;2-4H,1H3,(H,10,11);2-4,10H,5H2,1H3. The molecule has 6 aromatic carbocycles. The third-order valence-electron chi connectivity index (χ3n) is 13.5. The highest BCUT2D eigenvalue weighted by Gasteiger charge is 2.38. The van der Waals surface area contributed by atoms with Crippen LogP contribution in [-0.2, 0) is 33.9 Å². The number of alkyl halides is 1. The third-order valence-corrected chi connectivity index (χ3v) is 16.7. The van der Waals surface area contributed by atoms with Crippen LogP contribution in [0.5, 0.6) is 0 Å². The van der Waals surface area contributed by atoms with Crippen LogP contribution in [-0.4, -0.2) is 71.9 Å². The summed E-state index contributed by atoms with van der Waals surface area (Å²) in [6.45, 7) is 16.8. The van der Waals surface area contributed by atoms with E-state index in [0.717, 1.165) is 107 Å². The van der Waals surface area contributed by atoms with E-state index in [9.17, 15) is 20.1 Å². The van der Waals surface area contributed by atoms with Gasteiger partial charge in [-0.05, 0) is 204 Å². The number of nitriles is 3. The molecule has 0 atom stereocenters. The molecule has 2 aliphatic rings. The second-order valence-electron chi connectivity index (χ2n) is 19.5. The number of halogens is 7. The maximum Gasteiger partial charge on any atom is 0.409 e. The van der Waals surface area contributed by atoms with E-state index in [1.165, 1.54) is 11.6 Å². The maximum atomic E-state index is 11.7. The first kappa shape index (κ1) is 68.9. The van der Waals surface area contributed by atoms with E-state index in [0.29, 0.717) is 49.0 Å². The van der Waals surface area contributed by atoms with Gasteiger partial charge in [0, 0.05) is 48.6 Å². The summed E-state index contributed by atoms with van der Waals surface area (Å²) in [5, 5.41) is 50.2. The lowest BCUT2D eigenvalue weighted by molar-refractivity contribution is 0.0696. The van der Waals surface area contributed by atoms with Crippen molar-refractivity contribution in [2.75, 3.05) is 39.8 Å². The molecule has 0 aromatic heterocycles. The predicted molar refractivity (Wildman–Crippen MR) is 331 cm³/mol. The van der Waals surface area contributed by atoms with Gasteiger partial charge >= 0.3 is 12.1 Å². The number of aromatic carboxylic acids is 1. The van der Waals surface area contributed by atoms with Gasteiger partial charge in [0.1, 0.15) is 0 Å². The van der Waals surface area contributed by atoms with Crippen LogP contribution >= 0.6 is 85.5 Å². The molecule has 8 rings (SSSR count). The normalized spacial score (nSPS) is 13.8. The van der Waals surface area contributed by atoms with E-state index in [-0.39, 0.29) is 23.7 Å². The Morgan fingerprint density at radius 1 is 0.562 bits per heavy atom. The minimum absolute atomic E-state index is 0.0814. The number of aliphatic hydroxyl groups is 1. The SMILES string of the molecule is CCOC(=O)N1CCC(C#N)(c2ccc(Cl)c(C)c2)CC1.Cc1cc(C(=O)O)ccc1Cl.Cc1cc(C2(C#N)CCN(C)CC2)ccc1Cl.Cc1cc(CBr)ccc1Cl.Cc1cc(CC#N)ccc1Cl.Cc1cc(CO)ccc1Cl. The summed E-state index contributed by atoms with van der Waals surface area (Å²) in [5.41, 5.74) is 10.7. The van der Waals surface area contributed by atoms with Gasteiger partial charge in [-0.15, -0.1) is 0 Å². The van der Waals surface area contributed by atoms with Crippen molar-refractivity contribution in [1.82, 2.24) is 9.80 Å². The molecule has 0 saturated carbocycles. The van der Waals surface area contributed by atoms with Crippen molar-refractivity contribution in [1.29, 1.82) is 15.8 Å². The second-order valence-corrected chi connectivity index (χ2v) is 22.5. The molecule has 0 aliphatic carbocycles. The molecule has 10 nitrogen and oxygen atoms in total. The molecule has 2 heterocycles. The zero-order chi connectivity index (χ0) is 59.7. The summed E-state index contributed by atoms with van der Waals surface area (Å²) in [6, 6.07) is 40.5. The lowest BCUT2D eigenvalue weighted by Crippen LogP contribution is -2.44. The van der Waals surface area contributed by atoms with E-state index in [1.807, 2.05) is 107 Å². The molecule has 0 radical (unpaired) electrons. The highest BCUT2D eigenvalue weighted by molar-refractivity contribution is 9.08. The average Bonchev–Trinajstić information content (AvgIpc) is 3.45. The summed E-state index contributed by atoms with van der Waals surface area (Å²) in [6.07, 6.45) is 3.20. The number of hydrogen-bond donors (Lipinski definition) is 2. The number of likely N-dealkylation sites (tertiary alicyclic amines) is 2. The number of benzene rings is 6. The van der Waals surface area contributed by atoms with Crippen LogP contribution in [0.3, 0.4) is 0 Å². The highest BCUT2D eigenvalue weighted by Crippen LogP contribution is 2.38. The number of carbonyl (C=O) groups is 2. The van der Waals surface area contributed by atoms with Gasteiger partial charge in [-0.25, -0.2) is 9.59 Å². The number of amides is 1. The first-order chi connectivity index (χ1) is 37.9. The van der Waals surface area contributed by atoms with Crippen LogP contribution < -0.4 is 0 Å². The molecule has 2 N–H and O–H groups in total. The minimum Gasteiger partial charge on any atom is -0.478 e. The number of carboxylic acid groups (broad SMARTS) is 1. The summed E-state index contributed by atoms with van der Waals surface area (Å²) in [4.78, 5) is 26.1. The Morgan fingerprint density at radius 2 is 0.925 bits per heavy atom. The van der Waals surface area contributed by atoms with Crippen molar-refractivity contribution in [3.8, 4) is 18.2 Å². The minimum atomic E-state index is -0.926. The molecule has 0 spiro atoms. The summed E-state index contributed by atoms with van der Waals surface area (Å²) in [7, 11) is 2.11. The number of ether oxygens (including phenoxy) is 1. The molecule has 80 heavy (non-hydrogen) atoms. The Morgan fingerprint density at radius 3 is 1.29 bits per heavy atom. The largest absolute Gasteiger partial charge is 0.478 e. The Balaban J connectivity index is 0.000000259. The number of carboxylic acids is 1. The maximum absolute atomic E-state index is 11.7. The van der Waals surface area contributed by atoms with Crippen LogP contribution in [0.25, 0.3) is 0 Å². The van der Waals surface area contributed by atoms with Crippen molar-refractivity contribution in [3.63, 3.8) is 0 Å². The smallest absolute Gasteiger partial charge is 0.409 e. The fourth-order valence-electron chi connectivity index (χ4n) is 8.38. The molecule has 0 unspecified atom stereocenters. The average molecular weight is 1270 g/mol. The molecule has 6 aromatic rings. The van der Waals surface area contributed by atoms with Crippen molar-refractivity contribution in [3.05, 3.63) is 206 Å². The Bertz CT molecular complexity index is 3110. The molecule has 2 saturated heterocycles. The molecular weight excluding hydrogens is 1200 g/mol. The number of carbonyl (C=O) groups excluding carboxylic acids is 1. The second kappa shape index (κ2) is 34.2. The monoisotopic (exact) mass is 1260 g/mol. The predicted octanol–water partition coefficient (Wildman–Crippen LogP) is 17.5. The van der Waals surface area contributed by atoms with Gasteiger partial charge in [0.2, 0.25) is 0 Å². The zero-order valence-electron chi connectivity index (χ0n) is 46.4. The van der Waals surface area contributed by atoms with Gasteiger partial charge in [0.25, 0.3) is 0 Å². The van der Waals surface area contributed by atoms with Gasteiger partial charge < -0.3 is 24.7 Å². The van der Waals surface area contributed by atoms with Crippen LogP contribution in [0.15, 0.2) is 109 Å². The van der Waals surface area contributed by atoms with Crippen molar-refractivity contribution in [2.24, 2.45) is 0 Å². The summed E-state index contributed by atoms with van der Waals surface area (Å²) < 4.78 is 5.01. The van der Waals surface area contributed by atoms with Gasteiger partial charge in [-0.3, -0.25) is 0 Å². The van der Waals surface area contributed by atoms with Crippen molar-refractivity contribution in [2.45, 2.75) is 103 Å². The van der Waals surface area contributed by atoms with E-state index in [4.69, 9.17) is 89.8 Å². The Kier molecular flexibility index (Phi) is 29.5. The number of aryl methyl sites for hydroxylation is 6. The third kappa shape index (κ3) is 21.2. The molecule has 424 valence electrons. The van der Waals surface area contributed by atoms with E-state index in [2.05, 4.69) is 58.2 Å². The lowest BCUT2D eigenvalue weighted by Gasteiger charge is -2.37. The first-order valence-corrected chi connectivity index (χ1v) is 29.1. The van der Waals surface area contributed by atoms with E-state index in [1.54, 1.807) is 36.9 Å².